The van der Waals surface area contributed by atoms with Gasteiger partial charge in [-0.05, 0) is 19.3 Å². The second kappa shape index (κ2) is 2.01. The number of hydrogen-bond acceptors (Lipinski definition) is 1. The Kier molecular flexibility index (Phi) is 1.26. The molecule has 1 saturated heterocycles. The highest BCUT2D eigenvalue weighted by atomic mass is 16.5. The zero-order chi connectivity index (χ0) is 7.14. The Morgan fingerprint density at radius 3 is 3.00 bits per heavy atom. The van der Waals surface area contributed by atoms with Crippen LogP contribution < -0.4 is 0 Å². The highest BCUT2D eigenvalue weighted by Crippen LogP contribution is 2.43. The molecule has 1 saturated carbocycles. The smallest absolute Gasteiger partial charge is 0.102 e. The van der Waals surface area contributed by atoms with Gasteiger partial charge < -0.3 is 4.74 Å². The molecule has 0 aromatic heterocycles. The van der Waals surface area contributed by atoms with Gasteiger partial charge in [-0.15, -0.1) is 0 Å². The first-order valence-corrected chi connectivity index (χ1v) is 4.14. The maximum atomic E-state index is 5.60. The molecule has 2 rings (SSSR count). The predicted octanol–water partition coefficient (Wildman–Crippen LogP) is 2.34. The summed E-state index contributed by atoms with van der Waals surface area (Å²) in [5.41, 5.74) is 0. The van der Waals surface area contributed by atoms with Gasteiger partial charge in [-0.1, -0.05) is 13.5 Å². The van der Waals surface area contributed by atoms with E-state index < -0.39 is 0 Å². The van der Waals surface area contributed by atoms with Gasteiger partial charge in [0.15, 0.2) is 0 Å². The van der Waals surface area contributed by atoms with Crippen molar-refractivity contribution in [1.82, 2.24) is 0 Å². The fourth-order valence-corrected chi connectivity index (χ4v) is 2.21. The first kappa shape index (κ1) is 6.26. The Balaban J connectivity index is 2.16. The zero-order valence-corrected chi connectivity index (χ0v) is 6.47. The zero-order valence-electron chi connectivity index (χ0n) is 6.47. The van der Waals surface area contributed by atoms with Crippen LogP contribution in [0.3, 0.4) is 0 Å². The van der Waals surface area contributed by atoms with Gasteiger partial charge in [-0.2, -0.15) is 0 Å². The molecule has 0 aromatic rings. The van der Waals surface area contributed by atoms with Crippen molar-refractivity contribution in [3.05, 3.63) is 12.3 Å². The fourth-order valence-electron chi connectivity index (χ4n) is 2.21. The molecule has 2 aliphatic rings. The molecule has 10 heavy (non-hydrogen) atoms. The molecule has 1 aliphatic heterocycles. The average molecular weight is 138 g/mol. The van der Waals surface area contributed by atoms with E-state index in [1.165, 1.54) is 19.3 Å². The van der Waals surface area contributed by atoms with Crippen LogP contribution in [0.1, 0.15) is 26.2 Å². The third-order valence-electron chi connectivity index (χ3n) is 2.96. The maximum Gasteiger partial charge on any atom is 0.102 e. The van der Waals surface area contributed by atoms with Crippen LogP contribution in [0.15, 0.2) is 12.3 Å². The van der Waals surface area contributed by atoms with Crippen molar-refractivity contribution in [2.45, 2.75) is 32.3 Å². The summed E-state index contributed by atoms with van der Waals surface area (Å²) in [6, 6.07) is 0. The number of rotatable bonds is 0. The Labute approximate surface area is 62.1 Å². The molecule has 1 aliphatic carbocycles. The van der Waals surface area contributed by atoms with E-state index in [0.717, 1.165) is 11.7 Å². The molecular weight excluding hydrogens is 124 g/mol. The third kappa shape index (κ3) is 0.695. The highest BCUT2D eigenvalue weighted by molar-refractivity contribution is 5.04. The van der Waals surface area contributed by atoms with E-state index in [-0.39, 0.29) is 0 Å². The van der Waals surface area contributed by atoms with Gasteiger partial charge in [0, 0.05) is 11.8 Å². The molecule has 0 N–H and O–H groups in total. The minimum absolute atomic E-state index is 0.530. The van der Waals surface area contributed by atoms with E-state index in [2.05, 4.69) is 13.5 Å². The predicted molar refractivity (Wildman–Crippen MR) is 40.5 cm³/mol. The molecule has 0 aromatic carbocycles. The second-order valence-electron chi connectivity index (χ2n) is 3.51. The quantitative estimate of drug-likeness (QED) is 0.499. The molecule has 3 atom stereocenters. The number of fused-ring (bicyclic) bond motifs is 1. The second-order valence-corrected chi connectivity index (χ2v) is 3.51. The van der Waals surface area contributed by atoms with Crippen LogP contribution in [0.5, 0.6) is 0 Å². The largest absolute Gasteiger partial charge is 0.495 e. The Morgan fingerprint density at radius 1 is 1.50 bits per heavy atom. The van der Waals surface area contributed by atoms with Crippen LogP contribution in [0, 0.1) is 11.8 Å². The molecule has 0 bridgehead atoms. The summed E-state index contributed by atoms with van der Waals surface area (Å²) >= 11 is 0. The van der Waals surface area contributed by atoms with Crippen LogP contribution in [0.25, 0.3) is 0 Å². The lowest BCUT2D eigenvalue weighted by molar-refractivity contribution is 0.148. The summed E-state index contributed by atoms with van der Waals surface area (Å²) in [6.07, 6.45) is 4.49. The minimum Gasteiger partial charge on any atom is -0.495 e. The van der Waals surface area contributed by atoms with E-state index in [0.29, 0.717) is 12.0 Å². The summed E-state index contributed by atoms with van der Waals surface area (Å²) in [6.45, 7) is 6.13. The van der Waals surface area contributed by atoms with E-state index in [1.54, 1.807) is 0 Å². The molecule has 2 fully saturated rings. The van der Waals surface area contributed by atoms with Gasteiger partial charge in [0.1, 0.15) is 6.10 Å². The van der Waals surface area contributed by atoms with Crippen LogP contribution >= 0.6 is 0 Å². The monoisotopic (exact) mass is 138 g/mol. The van der Waals surface area contributed by atoms with Gasteiger partial charge in [0.2, 0.25) is 0 Å². The van der Waals surface area contributed by atoms with E-state index in [1.807, 2.05) is 0 Å². The SMILES string of the molecule is C=C1OC2CCCC2C1C. The molecule has 0 radical (unpaired) electrons. The lowest BCUT2D eigenvalue weighted by Gasteiger charge is -2.07. The topological polar surface area (TPSA) is 9.23 Å². The maximum absolute atomic E-state index is 5.60. The molecule has 3 unspecified atom stereocenters. The van der Waals surface area contributed by atoms with Crippen molar-refractivity contribution in [3.63, 3.8) is 0 Å². The standard InChI is InChI=1S/C9H14O/c1-6-7(2)10-9-5-3-4-8(6)9/h6,8-9H,2-5H2,1H3. The fraction of sp³-hybridized carbons (Fsp3) is 0.778. The van der Waals surface area contributed by atoms with Gasteiger partial charge in [-0.25, -0.2) is 0 Å². The Hall–Kier alpha value is -0.460. The van der Waals surface area contributed by atoms with Crippen molar-refractivity contribution < 1.29 is 4.74 Å². The van der Waals surface area contributed by atoms with Crippen LogP contribution in [0.2, 0.25) is 0 Å². The van der Waals surface area contributed by atoms with Crippen molar-refractivity contribution in [2.24, 2.45) is 11.8 Å². The summed E-state index contributed by atoms with van der Waals surface area (Å²) < 4.78 is 5.60. The van der Waals surface area contributed by atoms with Crippen molar-refractivity contribution >= 4 is 0 Å². The van der Waals surface area contributed by atoms with Gasteiger partial charge in [0.25, 0.3) is 0 Å². The summed E-state index contributed by atoms with van der Waals surface area (Å²) in [7, 11) is 0. The van der Waals surface area contributed by atoms with Gasteiger partial charge in [-0.3, -0.25) is 0 Å². The lowest BCUT2D eigenvalue weighted by atomic mass is 9.93. The summed E-state index contributed by atoms with van der Waals surface area (Å²) in [5.74, 6) is 2.44. The van der Waals surface area contributed by atoms with Crippen LogP contribution in [-0.2, 0) is 4.74 Å². The first-order chi connectivity index (χ1) is 4.79. The molecular formula is C9H14O. The van der Waals surface area contributed by atoms with E-state index >= 15 is 0 Å². The van der Waals surface area contributed by atoms with E-state index in [9.17, 15) is 0 Å². The Bertz CT molecular complexity index is 162. The number of ether oxygens (including phenoxy) is 1. The number of hydrogen-bond donors (Lipinski definition) is 0. The molecule has 0 spiro atoms. The Morgan fingerprint density at radius 2 is 2.30 bits per heavy atom. The average Bonchev–Trinajstić information content (AvgIpc) is 2.41. The normalized spacial score (nSPS) is 45.3. The molecule has 56 valence electrons. The highest BCUT2D eigenvalue weighted by Gasteiger charge is 2.40. The van der Waals surface area contributed by atoms with Crippen molar-refractivity contribution in [1.29, 1.82) is 0 Å². The molecule has 0 amide bonds. The molecule has 1 heterocycles. The lowest BCUT2D eigenvalue weighted by Crippen LogP contribution is -2.10. The van der Waals surface area contributed by atoms with Crippen molar-refractivity contribution in [3.8, 4) is 0 Å². The first-order valence-electron chi connectivity index (χ1n) is 4.14. The summed E-state index contributed by atoms with van der Waals surface area (Å²) in [5, 5.41) is 0. The van der Waals surface area contributed by atoms with Gasteiger partial charge in [0.05, 0.1) is 5.76 Å². The van der Waals surface area contributed by atoms with Crippen molar-refractivity contribution in [2.75, 3.05) is 0 Å². The molecule has 1 heteroatoms. The third-order valence-corrected chi connectivity index (χ3v) is 2.96. The van der Waals surface area contributed by atoms with Crippen LogP contribution in [-0.4, -0.2) is 6.10 Å². The van der Waals surface area contributed by atoms with E-state index in [4.69, 9.17) is 4.74 Å². The number of allylic oxidation sites excluding steroid dienone is 1. The van der Waals surface area contributed by atoms with Crippen LogP contribution in [0.4, 0.5) is 0 Å². The van der Waals surface area contributed by atoms with Gasteiger partial charge >= 0.3 is 0 Å². The molecule has 1 nitrogen and oxygen atoms in total. The summed E-state index contributed by atoms with van der Waals surface area (Å²) in [4.78, 5) is 0. The minimum atomic E-state index is 0.530.